The van der Waals surface area contributed by atoms with Crippen molar-refractivity contribution in [1.82, 2.24) is 15.5 Å². The molecule has 2 heterocycles. The fraction of sp³-hybridized carbons (Fsp3) is 0.917. The summed E-state index contributed by atoms with van der Waals surface area (Å²) in [5.74, 6) is 0.218. The van der Waals surface area contributed by atoms with Crippen LogP contribution in [0.5, 0.6) is 0 Å². The van der Waals surface area contributed by atoms with Crippen LogP contribution in [0.3, 0.4) is 0 Å². The van der Waals surface area contributed by atoms with Gasteiger partial charge in [0.15, 0.2) is 9.84 Å². The first-order valence-electron chi connectivity index (χ1n) is 6.82. The van der Waals surface area contributed by atoms with Gasteiger partial charge in [-0.1, -0.05) is 0 Å². The summed E-state index contributed by atoms with van der Waals surface area (Å²) < 4.78 is 22.7. The minimum absolute atomic E-state index is 0.0663. The van der Waals surface area contributed by atoms with Crippen molar-refractivity contribution in [3.63, 3.8) is 0 Å². The van der Waals surface area contributed by atoms with Gasteiger partial charge in [-0.25, -0.2) is 8.42 Å². The van der Waals surface area contributed by atoms with E-state index in [0.29, 0.717) is 25.0 Å². The molecule has 2 fully saturated rings. The Labute approximate surface area is 114 Å². The zero-order valence-corrected chi connectivity index (χ0v) is 12.4. The van der Waals surface area contributed by atoms with Gasteiger partial charge in [0.1, 0.15) is 0 Å². The summed E-state index contributed by atoms with van der Waals surface area (Å²) in [5.41, 5.74) is 0. The summed E-state index contributed by atoms with van der Waals surface area (Å²) in [4.78, 5) is 14.0. The Morgan fingerprint density at radius 3 is 2.47 bits per heavy atom. The number of hydrogen-bond acceptors (Lipinski definition) is 5. The fourth-order valence-corrected chi connectivity index (χ4v) is 4.63. The number of nitrogens with one attached hydrogen (secondary N) is 2. The molecule has 0 aromatic carbocycles. The third kappa shape index (κ3) is 4.43. The molecule has 0 radical (unpaired) electrons. The van der Waals surface area contributed by atoms with E-state index in [1.54, 1.807) is 0 Å². The van der Waals surface area contributed by atoms with Crippen LogP contribution < -0.4 is 10.6 Å². The van der Waals surface area contributed by atoms with Crippen LogP contribution in [-0.4, -0.2) is 68.5 Å². The molecule has 7 heteroatoms. The zero-order chi connectivity index (χ0) is 14.0. The fourth-order valence-electron chi connectivity index (χ4n) is 2.95. The van der Waals surface area contributed by atoms with Crippen molar-refractivity contribution in [2.24, 2.45) is 0 Å². The van der Waals surface area contributed by atoms with Crippen LogP contribution in [0.1, 0.15) is 20.3 Å². The maximum atomic E-state index is 11.9. The van der Waals surface area contributed by atoms with E-state index in [1.165, 1.54) is 0 Å². The van der Waals surface area contributed by atoms with Crippen molar-refractivity contribution < 1.29 is 13.2 Å². The molecule has 3 atom stereocenters. The van der Waals surface area contributed by atoms with E-state index in [0.717, 1.165) is 13.1 Å². The number of carbonyl (C=O) groups excluding carboxylic acids is 1. The van der Waals surface area contributed by atoms with Gasteiger partial charge in [0.25, 0.3) is 0 Å². The Hall–Kier alpha value is -0.660. The van der Waals surface area contributed by atoms with Crippen LogP contribution in [0.25, 0.3) is 0 Å². The van der Waals surface area contributed by atoms with Crippen LogP contribution >= 0.6 is 0 Å². The van der Waals surface area contributed by atoms with Gasteiger partial charge in [-0.3, -0.25) is 9.69 Å². The number of amides is 1. The molecular formula is C12H23N3O3S. The molecule has 0 aromatic heterocycles. The number of rotatable bonds is 3. The number of nitrogens with zero attached hydrogens (tertiary/aromatic N) is 1. The molecule has 2 aliphatic rings. The smallest absolute Gasteiger partial charge is 0.234 e. The maximum absolute atomic E-state index is 11.9. The van der Waals surface area contributed by atoms with Crippen LogP contribution in [0.4, 0.5) is 0 Å². The van der Waals surface area contributed by atoms with Crippen LogP contribution in [0, 0.1) is 0 Å². The van der Waals surface area contributed by atoms with Crippen LogP contribution in [0.15, 0.2) is 0 Å². The number of piperazine rings is 1. The monoisotopic (exact) mass is 289 g/mol. The molecule has 2 rings (SSSR count). The second kappa shape index (κ2) is 5.76. The maximum Gasteiger partial charge on any atom is 0.234 e. The van der Waals surface area contributed by atoms with Gasteiger partial charge in [-0.05, 0) is 20.3 Å². The lowest BCUT2D eigenvalue weighted by molar-refractivity contribution is -0.123. The Morgan fingerprint density at radius 1 is 1.32 bits per heavy atom. The molecule has 3 unspecified atom stereocenters. The third-order valence-electron chi connectivity index (χ3n) is 3.60. The predicted molar refractivity (Wildman–Crippen MR) is 73.7 cm³/mol. The summed E-state index contributed by atoms with van der Waals surface area (Å²) >= 11 is 0. The van der Waals surface area contributed by atoms with Crippen LogP contribution in [-0.2, 0) is 14.6 Å². The topological polar surface area (TPSA) is 78.5 Å². The van der Waals surface area contributed by atoms with Crippen molar-refractivity contribution in [3.05, 3.63) is 0 Å². The summed E-state index contributed by atoms with van der Waals surface area (Å²) in [6, 6.07) is 0.557. The van der Waals surface area contributed by atoms with E-state index < -0.39 is 9.84 Å². The highest BCUT2D eigenvalue weighted by molar-refractivity contribution is 7.91. The number of hydrogen-bond donors (Lipinski definition) is 2. The van der Waals surface area contributed by atoms with Crippen LogP contribution in [0.2, 0.25) is 0 Å². The molecule has 0 saturated carbocycles. The average Bonchev–Trinajstić information content (AvgIpc) is 2.55. The molecule has 110 valence electrons. The molecular weight excluding hydrogens is 266 g/mol. The van der Waals surface area contributed by atoms with Gasteiger partial charge in [-0.2, -0.15) is 0 Å². The van der Waals surface area contributed by atoms with Gasteiger partial charge >= 0.3 is 0 Å². The number of carbonyl (C=O) groups is 1. The highest BCUT2D eigenvalue weighted by atomic mass is 32.2. The first-order valence-corrected chi connectivity index (χ1v) is 8.64. The van der Waals surface area contributed by atoms with E-state index in [-0.39, 0.29) is 23.5 Å². The van der Waals surface area contributed by atoms with Crippen molar-refractivity contribution in [2.75, 3.05) is 31.1 Å². The molecule has 2 saturated heterocycles. The normalized spacial score (nSPS) is 35.2. The molecule has 2 aliphatic heterocycles. The van der Waals surface area contributed by atoms with Gasteiger partial charge in [-0.15, -0.1) is 0 Å². The quantitative estimate of drug-likeness (QED) is 0.695. The van der Waals surface area contributed by atoms with Crippen molar-refractivity contribution in [3.8, 4) is 0 Å². The predicted octanol–water partition coefficient (Wildman–Crippen LogP) is -1.03. The molecule has 2 N–H and O–H groups in total. The first kappa shape index (κ1) is 14.7. The standard InChI is InChI=1S/C12H23N3O3S/c1-9-5-15(6-10(2)13-9)7-12(16)14-11-3-4-19(17,18)8-11/h9-11,13H,3-8H2,1-2H3,(H,14,16). The molecule has 19 heavy (non-hydrogen) atoms. The summed E-state index contributed by atoms with van der Waals surface area (Å²) in [7, 11) is -2.93. The largest absolute Gasteiger partial charge is 0.351 e. The Kier molecular flexibility index (Phi) is 4.47. The molecule has 6 nitrogen and oxygen atoms in total. The molecule has 0 bridgehead atoms. The second-order valence-electron chi connectivity index (χ2n) is 5.83. The molecule has 0 spiro atoms. The van der Waals surface area contributed by atoms with E-state index in [4.69, 9.17) is 0 Å². The Balaban J connectivity index is 1.78. The highest BCUT2D eigenvalue weighted by Crippen LogP contribution is 2.11. The Morgan fingerprint density at radius 2 is 1.95 bits per heavy atom. The van der Waals surface area contributed by atoms with Gasteiger partial charge in [0.05, 0.1) is 18.1 Å². The SMILES string of the molecule is CC1CN(CC(=O)NC2CCS(=O)(=O)C2)CC(C)N1. The van der Waals surface area contributed by atoms with Crippen molar-refractivity contribution >= 4 is 15.7 Å². The van der Waals surface area contributed by atoms with E-state index in [1.807, 2.05) is 0 Å². The highest BCUT2D eigenvalue weighted by Gasteiger charge is 2.30. The lowest BCUT2D eigenvalue weighted by Gasteiger charge is -2.35. The summed E-state index contributed by atoms with van der Waals surface area (Å²) in [6.07, 6.45) is 0.544. The molecule has 0 aliphatic carbocycles. The van der Waals surface area contributed by atoms with E-state index in [9.17, 15) is 13.2 Å². The first-order chi connectivity index (χ1) is 8.84. The summed E-state index contributed by atoms with van der Waals surface area (Å²) in [5, 5.41) is 6.24. The van der Waals surface area contributed by atoms with E-state index in [2.05, 4.69) is 29.4 Å². The minimum Gasteiger partial charge on any atom is -0.351 e. The van der Waals surface area contributed by atoms with Crippen molar-refractivity contribution in [2.45, 2.75) is 38.4 Å². The third-order valence-corrected chi connectivity index (χ3v) is 5.37. The average molecular weight is 289 g/mol. The van der Waals surface area contributed by atoms with Gasteiger partial charge in [0.2, 0.25) is 5.91 Å². The lowest BCUT2D eigenvalue weighted by Crippen LogP contribution is -2.56. The zero-order valence-electron chi connectivity index (χ0n) is 11.6. The van der Waals surface area contributed by atoms with Crippen molar-refractivity contribution in [1.29, 1.82) is 0 Å². The number of sulfone groups is 1. The Bertz CT molecular complexity index is 428. The summed E-state index contributed by atoms with van der Waals surface area (Å²) in [6.45, 7) is 6.25. The van der Waals surface area contributed by atoms with Gasteiger partial charge in [0, 0.05) is 31.2 Å². The lowest BCUT2D eigenvalue weighted by atomic mass is 10.1. The van der Waals surface area contributed by atoms with Gasteiger partial charge < -0.3 is 10.6 Å². The minimum atomic E-state index is -2.93. The molecule has 0 aromatic rings. The van der Waals surface area contributed by atoms with E-state index >= 15 is 0 Å². The second-order valence-corrected chi connectivity index (χ2v) is 8.06. The molecule has 1 amide bonds.